The summed E-state index contributed by atoms with van der Waals surface area (Å²) in [4.78, 5) is 15.6. The van der Waals surface area contributed by atoms with E-state index in [0.717, 1.165) is 88.2 Å². The second-order valence-corrected chi connectivity index (χ2v) is 10.7. The molecule has 1 aromatic carbocycles. The Bertz CT molecular complexity index is 744. The summed E-state index contributed by atoms with van der Waals surface area (Å²) >= 11 is 0. The molecule has 6 rings (SSSR count). The Hall–Kier alpha value is -1.75. The first-order chi connectivity index (χ1) is 15.2. The van der Waals surface area contributed by atoms with Crippen molar-refractivity contribution < 1.29 is 9.53 Å². The number of anilines is 1. The van der Waals surface area contributed by atoms with E-state index in [1.54, 1.807) is 7.11 Å². The summed E-state index contributed by atoms with van der Waals surface area (Å²) in [5.74, 6) is 3.82. The molecule has 0 spiro atoms. The van der Waals surface area contributed by atoms with Crippen molar-refractivity contribution in [3.63, 3.8) is 0 Å². The first-order valence-corrected chi connectivity index (χ1v) is 12.6. The van der Waals surface area contributed by atoms with E-state index in [2.05, 4.69) is 33.7 Å². The molecule has 1 atom stereocenters. The number of rotatable bonds is 8. The monoisotopic (exact) mass is 425 g/mol. The molecule has 4 aliphatic carbocycles. The summed E-state index contributed by atoms with van der Waals surface area (Å²) < 4.78 is 5.61. The molecule has 1 aromatic rings. The third kappa shape index (κ3) is 4.30. The van der Waals surface area contributed by atoms with Gasteiger partial charge in [-0.1, -0.05) is 12.1 Å². The number of piperazine rings is 1. The first kappa shape index (κ1) is 21.1. The topological polar surface area (TPSA) is 53.6 Å². The fourth-order valence-electron chi connectivity index (χ4n) is 7.49. The van der Waals surface area contributed by atoms with Crippen molar-refractivity contribution in [3.05, 3.63) is 24.3 Å². The summed E-state index contributed by atoms with van der Waals surface area (Å²) in [6.07, 6.45) is 11.0. The van der Waals surface area contributed by atoms with Crippen LogP contribution in [0.15, 0.2) is 24.3 Å². The van der Waals surface area contributed by atoms with Crippen molar-refractivity contribution in [2.75, 3.05) is 38.2 Å². The number of carbonyl (C=O) groups is 1. The molecule has 1 unspecified atom stereocenters. The largest absolute Gasteiger partial charge is 0.495 e. The number of methoxy groups -OCH3 is 1. The Morgan fingerprint density at radius 1 is 1.13 bits per heavy atom. The summed E-state index contributed by atoms with van der Waals surface area (Å²) in [5.41, 5.74) is 1.19. The van der Waals surface area contributed by atoms with Crippen LogP contribution in [0.5, 0.6) is 5.75 Å². The Balaban J connectivity index is 1.10. The van der Waals surface area contributed by atoms with Crippen molar-refractivity contribution in [1.82, 2.24) is 10.6 Å². The van der Waals surface area contributed by atoms with Gasteiger partial charge in [0.25, 0.3) is 0 Å². The molecule has 1 saturated heterocycles. The molecule has 4 bridgehead atoms. The van der Waals surface area contributed by atoms with Gasteiger partial charge in [0, 0.05) is 37.6 Å². The van der Waals surface area contributed by atoms with E-state index in [1.807, 2.05) is 6.07 Å². The highest BCUT2D eigenvalue weighted by Gasteiger charge is 2.54. The zero-order valence-corrected chi connectivity index (χ0v) is 19.1. The van der Waals surface area contributed by atoms with Gasteiger partial charge in [0.05, 0.1) is 12.8 Å². The molecule has 170 valence electrons. The van der Waals surface area contributed by atoms with E-state index in [1.165, 1.54) is 24.9 Å². The highest BCUT2D eigenvalue weighted by Crippen LogP contribution is 2.60. The minimum Gasteiger partial charge on any atom is -0.495 e. The summed E-state index contributed by atoms with van der Waals surface area (Å²) in [5, 5.41) is 6.90. The Morgan fingerprint density at radius 2 is 1.84 bits per heavy atom. The van der Waals surface area contributed by atoms with Crippen LogP contribution >= 0.6 is 0 Å². The molecule has 0 aromatic heterocycles. The lowest BCUT2D eigenvalue weighted by atomic mass is 9.49. The number of para-hydroxylation sites is 2. The first-order valence-electron chi connectivity index (χ1n) is 12.6. The van der Waals surface area contributed by atoms with Gasteiger partial charge in [0.1, 0.15) is 5.75 Å². The second-order valence-electron chi connectivity index (χ2n) is 10.7. The maximum atomic E-state index is 13.1. The molecule has 31 heavy (non-hydrogen) atoms. The molecule has 5 fully saturated rings. The predicted molar refractivity (Wildman–Crippen MR) is 124 cm³/mol. The van der Waals surface area contributed by atoms with Crippen LogP contribution in [-0.4, -0.2) is 45.2 Å². The van der Waals surface area contributed by atoms with Gasteiger partial charge in [-0.3, -0.25) is 4.79 Å². The van der Waals surface area contributed by atoms with E-state index in [0.29, 0.717) is 11.9 Å². The standard InChI is InChI=1S/C26H39N3O2/c1-31-24-8-3-2-7-23(24)29-11-10-27-18-22(29)6-4-5-9-28-25(30)26-15-19-12-20(16-26)14-21(13-19)17-26/h2-3,7-8,19-22,27H,4-6,9-18H2,1H3,(H,28,30). The molecule has 5 nitrogen and oxygen atoms in total. The van der Waals surface area contributed by atoms with E-state index in [-0.39, 0.29) is 5.41 Å². The molecule has 2 N–H and O–H groups in total. The van der Waals surface area contributed by atoms with Crippen molar-refractivity contribution in [1.29, 1.82) is 0 Å². The Morgan fingerprint density at radius 3 is 2.55 bits per heavy atom. The van der Waals surface area contributed by atoms with E-state index in [9.17, 15) is 4.79 Å². The third-order valence-electron chi connectivity index (χ3n) is 8.51. The van der Waals surface area contributed by atoms with Gasteiger partial charge in [-0.25, -0.2) is 0 Å². The van der Waals surface area contributed by atoms with Gasteiger partial charge in [0.2, 0.25) is 5.91 Å². The van der Waals surface area contributed by atoms with Gasteiger partial charge in [-0.2, -0.15) is 0 Å². The maximum Gasteiger partial charge on any atom is 0.226 e. The molecule has 1 heterocycles. The number of benzene rings is 1. The van der Waals surface area contributed by atoms with Crippen LogP contribution in [0, 0.1) is 23.2 Å². The van der Waals surface area contributed by atoms with Crippen molar-refractivity contribution in [3.8, 4) is 5.75 Å². The van der Waals surface area contributed by atoms with Crippen molar-refractivity contribution >= 4 is 11.6 Å². The van der Waals surface area contributed by atoms with Crippen molar-refractivity contribution in [2.45, 2.75) is 63.8 Å². The smallest absolute Gasteiger partial charge is 0.226 e. The highest BCUT2D eigenvalue weighted by atomic mass is 16.5. The van der Waals surface area contributed by atoms with Gasteiger partial charge in [-0.15, -0.1) is 0 Å². The molecule has 4 saturated carbocycles. The molecule has 5 aliphatic rings. The number of ether oxygens (including phenoxy) is 1. The molecular formula is C26H39N3O2. The minimum atomic E-state index is -0.0112. The average Bonchev–Trinajstić information content (AvgIpc) is 2.78. The molecule has 5 heteroatoms. The number of amides is 1. The minimum absolute atomic E-state index is 0.0112. The fourth-order valence-corrected chi connectivity index (χ4v) is 7.49. The number of hydrogen-bond donors (Lipinski definition) is 2. The zero-order valence-electron chi connectivity index (χ0n) is 19.1. The SMILES string of the molecule is COc1ccccc1N1CCNCC1CCCCNC(=O)C12CC3CC(CC(C3)C1)C2. The normalized spacial score (nSPS) is 34.0. The van der Waals surface area contributed by atoms with E-state index < -0.39 is 0 Å². The summed E-state index contributed by atoms with van der Waals surface area (Å²) in [7, 11) is 1.75. The molecule has 0 radical (unpaired) electrons. The fraction of sp³-hybridized carbons (Fsp3) is 0.731. The molecular weight excluding hydrogens is 386 g/mol. The Labute approximate surface area is 187 Å². The number of carbonyl (C=O) groups excluding carboxylic acids is 1. The van der Waals surface area contributed by atoms with Gasteiger partial charge in [0.15, 0.2) is 0 Å². The van der Waals surface area contributed by atoms with Crippen molar-refractivity contribution in [2.24, 2.45) is 23.2 Å². The van der Waals surface area contributed by atoms with Gasteiger partial charge >= 0.3 is 0 Å². The van der Waals surface area contributed by atoms with Crippen LogP contribution in [0.3, 0.4) is 0 Å². The maximum absolute atomic E-state index is 13.1. The van der Waals surface area contributed by atoms with Crippen LogP contribution in [0.4, 0.5) is 5.69 Å². The molecule has 1 amide bonds. The van der Waals surface area contributed by atoms with Crippen LogP contribution in [0.2, 0.25) is 0 Å². The number of nitrogens with one attached hydrogen (secondary N) is 2. The lowest BCUT2D eigenvalue weighted by Crippen LogP contribution is -2.53. The second kappa shape index (κ2) is 9.01. The highest BCUT2D eigenvalue weighted by molar-refractivity contribution is 5.83. The average molecular weight is 426 g/mol. The van der Waals surface area contributed by atoms with Gasteiger partial charge < -0.3 is 20.3 Å². The molecule has 1 aliphatic heterocycles. The summed E-state index contributed by atoms with van der Waals surface area (Å²) in [6.45, 7) is 3.86. The van der Waals surface area contributed by atoms with Crippen LogP contribution < -0.4 is 20.3 Å². The van der Waals surface area contributed by atoms with E-state index in [4.69, 9.17) is 4.74 Å². The van der Waals surface area contributed by atoms with Crippen LogP contribution in [0.1, 0.15) is 57.8 Å². The quantitative estimate of drug-likeness (QED) is 0.619. The lowest BCUT2D eigenvalue weighted by molar-refractivity contribution is -0.146. The number of unbranched alkanes of at least 4 members (excludes halogenated alkanes) is 1. The van der Waals surface area contributed by atoms with Gasteiger partial charge in [-0.05, 0) is 87.7 Å². The van der Waals surface area contributed by atoms with Crippen LogP contribution in [-0.2, 0) is 4.79 Å². The predicted octanol–water partition coefficient (Wildman–Crippen LogP) is 3.98. The third-order valence-corrected chi connectivity index (χ3v) is 8.51. The Kier molecular flexibility index (Phi) is 6.14. The lowest BCUT2D eigenvalue weighted by Gasteiger charge is -2.55. The van der Waals surface area contributed by atoms with E-state index >= 15 is 0 Å². The summed E-state index contributed by atoms with van der Waals surface area (Å²) in [6, 6.07) is 8.82. The number of hydrogen-bond acceptors (Lipinski definition) is 4. The van der Waals surface area contributed by atoms with Crippen LogP contribution in [0.25, 0.3) is 0 Å². The zero-order chi connectivity index (χ0) is 21.3. The number of nitrogens with zero attached hydrogens (tertiary/aromatic N) is 1.